The number of carbonyl (C=O) groups excluding carboxylic acids is 1. The van der Waals surface area contributed by atoms with Crippen LogP contribution in [0.5, 0.6) is 0 Å². The van der Waals surface area contributed by atoms with Crippen molar-refractivity contribution in [3.05, 3.63) is 42.8 Å². The summed E-state index contributed by atoms with van der Waals surface area (Å²) in [4.78, 5) is 13.4. The summed E-state index contributed by atoms with van der Waals surface area (Å²) in [5.74, 6) is 0.446. The van der Waals surface area contributed by atoms with Crippen molar-refractivity contribution in [3.63, 3.8) is 0 Å². The molecule has 4 heteroatoms. The highest BCUT2D eigenvalue weighted by atomic mass is 16.5. The fourth-order valence-corrected chi connectivity index (χ4v) is 1.18. The van der Waals surface area contributed by atoms with E-state index in [4.69, 9.17) is 4.52 Å². The highest BCUT2D eigenvalue weighted by Crippen LogP contribution is 2.06. The van der Waals surface area contributed by atoms with Crippen LogP contribution in [0.4, 0.5) is 0 Å². The maximum absolute atomic E-state index is 11.8. The summed E-state index contributed by atoms with van der Waals surface area (Å²) in [6.07, 6.45) is 3.32. The van der Waals surface area contributed by atoms with Crippen LogP contribution in [-0.2, 0) is 0 Å². The lowest BCUT2D eigenvalue weighted by Crippen LogP contribution is -2.31. The Hall–Kier alpha value is -1.84. The van der Waals surface area contributed by atoms with Crippen molar-refractivity contribution in [2.45, 2.75) is 6.92 Å². The number of hydrogen-bond donors (Lipinski definition) is 0. The van der Waals surface area contributed by atoms with Crippen LogP contribution in [0.2, 0.25) is 0 Å². The van der Waals surface area contributed by atoms with Crippen molar-refractivity contribution in [2.75, 3.05) is 13.1 Å². The number of rotatable bonds is 5. The highest BCUT2D eigenvalue weighted by Gasteiger charge is 2.16. The standard InChI is InChI=1S/C11H14N2O2/c1-4-6-13(7-5-2)11(14)10-8-9(3)15-12-10/h4-5,8H,1-2,6-7H2,3H3. The molecular formula is C11H14N2O2. The molecule has 1 aromatic rings. The summed E-state index contributed by atoms with van der Waals surface area (Å²) in [7, 11) is 0. The second-order valence-corrected chi connectivity index (χ2v) is 3.11. The Morgan fingerprint density at radius 3 is 2.53 bits per heavy atom. The molecule has 1 aromatic heterocycles. The number of nitrogens with zero attached hydrogens (tertiary/aromatic N) is 2. The van der Waals surface area contributed by atoms with Gasteiger partial charge in [-0.1, -0.05) is 17.3 Å². The minimum Gasteiger partial charge on any atom is -0.361 e. The Kier molecular flexibility index (Phi) is 3.85. The second kappa shape index (κ2) is 5.14. The van der Waals surface area contributed by atoms with E-state index in [1.165, 1.54) is 0 Å². The Morgan fingerprint density at radius 2 is 2.13 bits per heavy atom. The zero-order valence-corrected chi connectivity index (χ0v) is 8.77. The van der Waals surface area contributed by atoms with Crippen LogP contribution in [0.15, 0.2) is 35.9 Å². The van der Waals surface area contributed by atoms with Crippen molar-refractivity contribution < 1.29 is 9.32 Å². The van der Waals surface area contributed by atoms with E-state index in [0.29, 0.717) is 24.5 Å². The van der Waals surface area contributed by atoms with Gasteiger partial charge < -0.3 is 9.42 Å². The van der Waals surface area contributed by atoms with Gasteiger partial charge in [0.2, 0.25) is 0 Å². The number of carbonyl (C=O) groups is 1. The van der Waals surface area contributed by atoms with Crippen molar-refractivity contribution in [1.82, 2.24) is 10.1 Å². The fourth-order valence-electron chi connectivity index (χ4n) is 1.18. The normalized spacial score (nSPS) is 9.67. The smallest absolute Gasteiger partial charge is 0.276 e. The predicted octanol–water partition coefficient (Wildman–Crippen LogP) is 1.80. The van der Waals surface area contributed by atoms with E-state index < -0.39 is 0 Å². The highest BCUT2D eigenvalue weighted by molar-refractivity contribution is 5.92. The van der Waals surface area contributed by atoms with Gasteiger partial charge in [0.1, 0.15) is 5.76 Å². The molecule has 0 aliphatic rings. The molecule has 0 radical (unpaired) electrons. The maximum Gasteiger partial charge on any atom is 0.276 e. The number of hydrogen-bond acceptors (Lipinski definition) is 3. The molecule has 0 aromatic carbocycles. The molecule has 0 unspecified atom stereocenters. The van der Waals surface area contributed by atoms with Crippen molar-refractivity contribution in [3.8, 4) is 0 Å². The Bertz CT molecular complexity index is 358. The van der Waals surface area contributed by atoms with Crippen LogP contribution >= 0.6 is 0 Å². The molecule has 1 rings (SSSR count). The molecule has 0 atom stereocenters. The van der Waals surface area contributed by atoms with Crippen LogP contribution in [0.3, 0.4) is 0 Å². The Balaban J connectivity index is 2.79. The molecule has 1 heterocycles. The molecule has 0 bridgehead atoms. The number of amides is 1. The third kappa shape index (κ3) is 2.80. The summed E-state index contributed by atoms with van der Waals surface area (Å²) in [5, 5.41) is 3.67. The monoisotopic (exact) mass is 206 g/mol. The van der Waals surface area contributed by atoms with Gasteiger partial charge in [-0.05, 0) is 6.92 Å². The van der Waals surface area contributed by atoms with E-state index >= 15 is 0 Å². The first-order valence-electron chi connectivity index (χ1n) is 4.63. The molecule has 0 saturated carbocycles. The topological polar surface area (TPSA) is 46.3 Å². The van der Waals surface area contributed by atoms with Crippen LogP contribution in [0.25, 0.3) is 0 Å². The van der Waals surface area contributed by atoms with Crippen molar-refractivity contribution in [1.29, 1.82) is 0 Å². The second-order valence-electron chi connectivity index (χ2n) is 3.11. The maximum atomic E-state index is 11.8. The molecular weight excluding hydrogens is 192 g/mol. The van der Waals surface area contributed by atoms with E-state index in [9.17, 15) is 4.79 Å². The molecule has 0 aliphatic carbocycles. The molecule has 1 amide bonds. The fraction of sp³-hybridized carbons (Fsp3) is 0.273. The van der Waals surface area contributed by atoms with Gasteiger partial charge in [-0.25, -0.2) is 0 Å². The Labute approximate surface area is 88.9 Å². The summed E-state index contributed by atoms with van der Waals surface area (Å²) in [5.41, 5.74) is 0.316. The largest absolute Gasteiger partial charge is 0.361 e. The summed E-state index contributed by atoms with van der Waals surface area (Å²) < 4.78 is 4.84. The average molecular weight is 206 g/mol. The molecule has 80 valence electrons. The van der Waals surface area contributed by atoms with Gasteiger partial charge in [0.15, 0.2) is 5.69 Å². The van der Waals surface area contributed by atoms with Gasteiger partial charge in [-0.2, -0.15) is 0 Å². The Morgan fingerprint density at radius 1 is 1.53 bits per heavy atom. The van der Waals surface area contributed by atoms with E-state index in [2.05, 4.69) is 18.3 Å². The molecule has 0 saturated heterocycles. The molecule has 0 fully saturated rings. The third-order valence-electron chi connectivity index (χ3n) is 1.83. The third-order valence-corrected chi connectivity index (χ3v) is 1.83. The SMILES string of the molecule is C=CCN(CC=C)C(=O)c1cc(C)on1. The minimum atomic E-state index is -0.174. The number of aromatic nitrogens is 1. The lowest BCUT2D eigenvalue weighted by Gasteiger charge is -2.17. The van der Waals surface area contributed by atoms with E-state index in [1.54, 1.807) is 30.0 Å². The van der Waals surface area contributed by atoms with Gasteiger partial charge in [-0.3, -0.25) is 4.79 Å². The summed E-state index contributed by atoms with van der Waals surface area (Å²) in [6, 6.07) is 1.61. The van der Waals surface area contributed by atoms with Crippen molar-refractivity contribution >= 4 is 5.91 Å². The minimum absolute atomic E-state index is 0.174. The van der Waals surface area contributed by atoms with Crippen LogP contribution in [0.1, 0.15) is 16.2 Å². The summed E-state index contributed by atoms with van der Waals surface area (Å²) in [6.45, 7) is 9.87. The van der Waals surface area contributed by atoms with Gasteiger partial charge in [0.05, 0.1) is 0 Å². The van der Waals surface area contributed by atoms with E-state index in [-0.39, 0.29) is 5.91 Å². The van der Waals surface area contributed by atoms with E-state index in [1.807, 2.05) is 0 Å². The van der Waals surface area contributed by atoms with Gasteiger partial charge >= 0.3 is 0 Å². The molecule has 15 heavy (non-hydrogen) atoms. The first-order valence-corrected chi connectivity index (χ1v) is 4.63. The van der Waals surface area contributed by atoms with Crippen LogP contribution < -0.4 is 0 Å². The summed E-state index contributed by atoms with van der Waals surface area (Å²) >= 11 is 0. The van der Waals surface area contributed by atoms with Gasteiger partial charge in [-0.15, -0.1) is 13.2 Å². The first kappa shape index (κ1) is 11.2. The van der Waals surface area contributed by atoms with E-state index in [0.717, 1.165) is 0 Å². The molecule has 0 N–H and O–H groups in total. The predicted molar refractivity (Wildman–Crippen MR) is 57.5 cm³/mol. The van der Waals surface area contributed by atoms with Crippen LogP contribution in [-0.4, -0.2) is 29.1 Å². The van der Waals surface area contributed by atoms with Gasteiger partial charge in [0, 0.05) is 19.2 Å². The van der Waals surface area contributed by atoms with Crippen LogP contribution in [0, 0.1) is 6.92 Å². The van der Waals surface area contributed by atoms with Gasteiger partial charge in [0.25, 0.3) is 5.91 Å². The zero-order valence-electron chi connectivity index (χ0n) is 8.77. The molecule has 0 spiro atoms. The number of aryl methyl sites for hydroxylation is 1. The lowest BCUT2D eigenvalue weighted by atomic mass is 10.3. The molecule has 4 nitrogen and oxygen atoms in total. The lowest BCUT2D eigenvalue weighted by molar-refractivity contribution is 0.0780. The quantitative estimate of drug-likeness (QED) is 0.690. The van der Waals surface area contributed by atoms with Crippen molar-refractivity contribution in [2.24, 2.45) is 0 Å². The average Bonchev–Trinajstić information content (AvgIpc) is 2.63. The molecule has 0 aliphatic heterocycles. The zero-order chi connectivity index (χ0) is 11.3. The first-order chi connectivity index (χ1) is 7.19.